The van der Waals surface area contributed by atoms with Gasteiger partial charge in [-0.25, -0.2) is 4.79 Å². The third-order valence-corrected chi connectivity index (χ3v) is 3.20. The average molecular weight is 237 g/mol. The Bertz CT molecular complexity index is 385. The molecule has 0 spiro atoms. The minimum Gasteiger partial charge on any atom is -0.465 e. The Labute approximate surface area is 99.9 Å². The normalized spacial score (nSPS) is 15.7. The molecule has 0 aromatic heterocycles. The predicted molar refractivity (Wildman–Crippen MR) is 63.1 cm³/mol. The summed E-state index contributed by atoms with van der Waals surface area (Å²) in [7, 11) is 0. The first kappa shape index (κ1) is 11.9. The Morgan fingerprint density at radius 3 is 2.53 bits per heavy atom. The van der Waals surface area contributed by atoms with E-state index >= 15 is 0 Å². The minimum absolute atomic E-state index is 0.280. The summed E-state index contributed by atoms with van der Waals surface area (Å²) in [6.45, 7) is 0.885. The predicted octanol–water partition coefficient (Wildman–Crippen LogP) is 2.67. The second-order valence-electron chi connectivity index (χ2n) is 4.42. The van der Waals surface area contributed by atoms with Crippen molar-refractivity contribution in [1.29, 1.82) is 0 Å². The maximum absolute atomic E-state index is 12.0. The van der Waals surface area contributed by atoms with Crippen LogP contribution in [0.4, 0.5) is 9.18 Å². The summed E-state index contributed by atoms with van der Waals surface area (Å²) < 4.78 is 12.0. The first-order valence-electron chi connectivity index (χ1n) is 5.83. The van der Waals surface area contributed by atoms with Crippen molar-refractivity contribution in [2.24, 2.45) is 0 Å². The zero-order valence-electron chi connectivity index (χ0n) is 9.60. The number of halogens is 1. The third-order valence-electron chi connectivity index (χ3n) is 3.20. The summed E-state index contributed by atoms with van der Waals surface area (Å²) in [5, 5.41) is 8.73. The van der Waals surface area contributed by atoms with Gasteiger partial charge in [-0.2, -0.15) is 0 Å². The van der Waals surface area contributed by atoms with E-state index in [4.69, 9.17) is 5.11 Å². The molecule has 1 saturated heterocycles. The Morgan fingerprint density at radius 1 is 1.35 bits per heavy atom. The van der Waals surface area contributed by atoms with Crippen molar-refractivity contribution < 1.29 is 14.3 Å². The van der Waals surface area contributed by atoms with Gasteiger partial charge < -0.3 is 10.0 Å². The molecule has 17 heavy (non-hydrogen) atoms. The number of benzene rings is 1. The van der Waals surface area contributed by atoms with Crippen LogP contribution in [0.15, 0.2) is 24.3 Å². The van der Waals surface area contributed by atoms with Gasteiger partial charge in [0.25, 0.3) is 0 Å². The van der Waals surface area contributed by atoms with E-state index in [0.29, 0.717) is 25.4 Å². The van der Waals surface area contributed by atoms with E-state index < -0.39 is 6.09 Å². The van der Waals surface area contributed by atoms with E-state index in [0.717, 1.165) is 12.0 Å². The lowest BCUT2D eigenvalue weighted by atomic mass is 9.91. The van der Waals surface area contributed by atoms with Crippen LogP contribution in [0.2, 0.25) is 0 Å². The van der Waals surface area contributed by atoms with Gasteiger partial charge in [-0.15, -0.1) is 0 Å². The summed E-state index contributed by atoms with van der Waals surface area (Å²) in [5.41, 5.74) is 2.31. The molecule has 0 aliphatic carbocycles. The fourth-order valence-electron chi connectivity index (χ4n) is 2.07. The van der Waals surface area contributed by atoms with Crippen LogP contribution in [0.1, 0.15) is 23.5 Å². The maximum Gasteiger partial charge on any atom is 0.407 e. The molecule has 3 nitrogen and oxygen atoms in total. The van der Waals surface area contributed by atoms with Gasteiger partial charge in [-0.1, -0.05) is 24.3 Å². The molecule has 1 aromatic carbocycles. The molecule has 0 radical (unpaired) electrons. The van der Waals surface area contributed by atoms with Crippen LogP contribution in [0.3, 0.4) is 0 Å². The molecule has 0 bridgehead atoms. The second-order valence-corrected chi connectivity index (χ2v) is 4.42. The molecule has 1 fully saturated rings. The van der Waals surface area contributed by atoms with Gasteiger partial charge in [0.1, 0.15) is 0 Å². The van der Waals surface area contributed by atoms with Crippen LogP contribution in [0, 0.1) is 0 Å². The molecule has 4 heteroatoms. The van der Waals surface area contributed by atoms with E-state index in [-0.39, 0.29) is 6.67 Å². The average Bonchev–Trinajstić information content (AvgIpc) is 2.25. The second kappa shape index (κ2) is 5.17. The SMILES string of the molecule is O=C(O)N1CC(c2ccc(CCCF)cc2)C1. The van der Waals surface area contributed by atoms with E-state index in [9.17, 15) is 9.18 Å². The summed E-state index contributed by atoms with van der Waals surface area (Å²) in [6.07, 6.45) is 0.485. The number of hydrogen-bond donors (Lipinski definition) is 1. The van der Waals surface area contributed by atoms with Crippen LogP contribution < -0.4 is 0 Å². The maximum atomic E-state index is 12.0. The molecule has 1 aromatic rings. The Balaban J connectivity index is 1.89. The fourth-order valence-corrected chi connectivity index (χ4v) is 2.07. The lowest BCUT2D eigenvalue weighted by Gasteiger charge is -2.37. The highest BCUT2D eigenvalue weighted by Gasteiger charge is 2.31. The van der Waals surface area contributed by atoms with Crippen LogP contribution in [-0.4, -0.2) is 35.9 Å². The molecule has 1 N–H and O–H groups in total. The highest BCUT2D eigenvalue weighted by molar-refractivity contribution is 5.66. The summed E-state index contributed by atoms with van der Waals surface area (Å²) in [5.74, 6) is 0.321. The van der Waals surface area contributed by atoms with E-state index in [1.165, 1.54) is 10.5 Å². The van der Waals surface area contributed by atoms with Gasteiger partial charge in [0.15, 0.2) is 0 Å². The van der Waals surface area contributed by atoms with E-state index in [1.807, 2.05) is 24.3 Å². The van der Waals surface area contributed by atoms with Crippen molar-refractivity contribution in [3.8, 4) is 0 Å². The number of nitrogens with zero attached hydrogens (tertiary/aromatic N) is 1. The number of rotatable bonds is 4. The Morgan fingerprint density at radius 2 is 2.00 bits per heavy atom. The number of carbonyl (C=O) groups is 1. The number of aryl methyl sites for hydroxylation is 1. The molecule has 0 saturated carbocycles. The number of amides is 1. The minimum atomic E-state index is -0.846. The number of carboxylic acid groups (broad SMARTS) is 1. The molecule has 2 rings (SSSR count). The lowest BCUT2D eigenvalue weighted by molar-refractivity contribution is 0.105. The van der Waals surface area contributed by atoms with Gasteiger partial charge >= 0.3 is 6.09 Å². The van der Waals surface area contributed by atoms with Crippen molar-refractivity contribution in [2.45, 2.75) is 18.8 Å². The number of alkyl halides is 1. The number of likely N-dealkylation sites (tertiary alicyclic amines) is 1. The monoisotopic (exact) mass is 237 g/mol. The smallest absolute Gasteiger partial charge is 0.407 e. The van der Waals surface area contributed by atoms with Crippen LogP contribution in [0.25, 0.3) is 0 Å². The molecule has 0 unspecified atom stereocenters. The van der Waals surface area contributed by atoms with Crippen molar-refractivity contribution in [2.75, 3.05) is 19.8 Å². The van der Waals surface area contributed by atoms with Crippen molar-refractivity contribution >= 4 is 6.09 Å². The van der Waals surface area contributed by atoms with Crippen LogP contribution >= 0.6 is 0 Å². The van der Waals surface area contributed by atoms with Gasteiger partial charge in [0, 0.05) is 19.0 Å². The molecule has 1 aliphatic rings. The van der Waals surface area contributed by atoms with Gasteiger partial charge in [0.2, 0.25) is 0 Å². The summed E-state index contributed by atoms with van der Waals surface area (Å²) >= 11 is 0. The molecular formula is C13H16FNO2. The Hall–Kier alpha value is -1.58. The topological polar surface area (TPSA) is 40.5 Å². The molecule has 1 heterocycles. The molecule has 1 amide bonds. The highest BCUT2D eigenvalue weighted by Crippen LogP contribution is 2.27. The van der Waals surface area contributed by atoms with Crippen LogP contribution in [0.5, 0.6) is 0 Å². The molecule has 1 aliphatic heterocycles. The zero-order valence-corrected chi connectivity index (χ0v) is 9.60. The highest BCUT2D eigenvalue weighted by atomic mass is 19.1. The van der Waals surface area contributed by atoms with Crippen molar-refractivity contribution in [3.63, 3.8) is 0 Å². The summed E-state index contributed by atoms with van der Waals surface area (Å²) in [4.78, 5) is 12.0. The number of hydrogen-bond acceptors (Lipinski definition) is 1. The quantitative estimate of drug-likeness (QED) is 0.874. The first-order valence-corrected chi connectivity index (χ1v) is 5.83. The first-order chi connectivity index (χ1) is 8.20. The molecule has 92 valence electrons. The fraction of sp³-hybridized carbons (Fsp3) is 0.462. The third kappa shape index (κ3) is 2.75. The largest absolute Gasteiger partial charge is 0.465 e. The Kier molecular flexibility index (Phi) is 3.61. The zero-order chi connectivity index (χ0) is 12.3. The van der Waals surface area contributed by atoms with Crippen LogP contribution in [-0.2, 0) is 6.42 Å². The van der Waals surface area contributed by atoms with E-state index in [1.54, 1.807) is 0 Å². The van der Waals surface area contributed by atoms with Gasteiger partial charge in [-0.3, -0.25) is 4.39 Å². The van der Waals surface area contributed by atoms with Gasteiger partial charge in [0.05, 0.1) is 6.67 Å². The molecule has 0 atom stereocenters. The summed E-state index contributed by atoms with van der Waals surface area (Å²) in [6, 6.07) is 8.07. The van der Waals surface area contributed by atoms with Crippen molar-refractivity contribution in [3.05, 3.63) is 35.4 Å². The van der Waals surface area contributed by atoms with Crippen molar-refractivity contribution in [1.82, 2.24) is 4.90 Å². The lowest BCUT2D eigenvalue weighted by Crippen LogP contribution is -2.47. The molecular weight excluding hydrogens is 221 g/mol. The standard InChI is InChI=1S/C13H16FNO2/c14-7-1-2-10-3-5-11(6-4-10)12-8-15(9-12)13(16)17/h3-6,12H,1-2,7-9H2,(H,16,17). The van der Waals surface area contributed by atoms with E-state index in [2.05, 4.69) is 0 Å². The van der Waals surface area contributed by atoms with Gasteiger partial charge in [-0.05, 0) is 24.0 Å².